The molecular weight excluding hydrogens is 882 g/mol. The Hall–Kier alpha value is -5.82. The van der Waals surface area contributed by atoms with Crippen LogP contribution in [0.15, 0.2) is 135 Å². The molecule has 0 amide bonds. The van der Waals surface area contributed by atoms with Crippen molar-refractivity contribution in [2.75, 3.05) is 0 Å². The maximum Gasteiger partial charge on any atom is 0.298 e. The first-order chi connectivity index (χ1) is 26.3. The normalized spacial score (nSPS) is 11.8. The largest absolute Gasteiger partial charge is 0.428 e. The fourth-order valence-electron chi connectivity index (χ4n) is 5.34. The van der Waals surface area contributed by atoms with Gasteiger partial charge in [0, 0.05) is 42.5 Å². The minimum absolute atomic E-state index is 0.304. The van der Waals surface area contributed by atoms with Crippen molar-refractivity contribution in [1.29, 1.82) is 0 Å². The Labute approximate surface area is 335 Å². The first-order valence-electron chi connectivity index (χ1n) is 16.0. The Morgan fingerprint density at radius 3 is 1.15 bits per heavy atom. The second-order valence-corrected chi connectivity index (χ2v) is 14.1. The third-order valence-electron chi connectivity index (χ3n) is 7.69. The average Bonchev–Trinajstić information content (AvgIpc) is 3.17. The number of carbonyl (C=O) groups is 3. The van der Waals surface area contributed by atoms with E-state index in [1.54, 1.807) is 42.8 Å². The predicted molar refractivity (Wildman–Crippen MR) is 218 cm³/mol. The lowest BCUT2D eigenvalue weighted by atomic mass is 10.0. The summed E-state index contributed by atoms with van der Waals surface area (Å²) < 4.78 is 18.6. The number of nitrogens with zero attached hydrogens (tertiary/aromatic N) is 3. The molecule has 0 fully saturated rings. The smallest absolute Gasteiger partial charge is 0.298 e. The Bertz CT molecular complexity index is 2320. The molecule has 0 bridgehead atoms. The van der Waals surface area contributed by atoms with Gasteiger partial charge in [-0.3, -0.25) is 24.4 Å². The van der Waals surface area contributed by atoms with E-state index in [4.69, 9.17) is 19.2 Å². The Balaban J connectivity index is 1.49. The highest BCUT2D eigenvalue weighted by Crippen LogP contribution is 2.30. The van der Waals surface area contributed by atoms with Gasteiger partial charge in [-0.2, -0.15) is 0 Å². The number of aromatic nitrogens is 3. The van der Waals surface area contributed by atoms with Crippen LogP contribution in [0.5, 0.6) is 0 Å². The van der Waals surface area contributed by atoms with Crippen LogP contribution < -0.4 is 0 Å². The van der Waals surface area contributed by atoms with Crippen LogP contribution in [0.3, 0.4) is 0 Å². The summed E-state index contributed by atoms with van der Waals surface area (Å²) in [6, 6.07) is 33.0. The quantitative estimate of drug-likeness (QED) is 0.0598. The number of hydrogen-bond acceptors (Lipinski definition) is 9. The van der Waals surface area contributed by atoms with Crippen molar-refractivity contribution in [2.45, 2.75) is 0 Å². The van der Waals surface area contributed by atoms with Gasteiger partial charge in [0.25, 0.3) is 19.4 Å². The summed E-state index contributed by atoms with van der Waals surface area (Å²) in [6.45, 7) is 1.14. The van der Waals surface area contributed by atoms with Crippen LogP contribution >= 0.6 is 47.8 Å². The molecule has 0 aliphatic heterocycles. The maximum atomic E-state index is 11.6. The van der Waals surface area contributed by atoms with Crippen LogP contribution in [0.4, 0.5) is 0 Å². The van der Waals surface area contributed by atoms with Crippen molar-refractivity contribution in [1.82, 2.24) is 15.0 Å². The fourth-order valence-corrected chi connectivity index (χ4v) is 6.54. The van der Waals surface area contributed by atoms with Crippen LogP contribution in [0.2, 0.25) is 0 Å². The number of carbonyl (C=O) groups excluding carboxylic acids is 3. The first kappa shape index (κ1) is 37.9. The van der Waals surface area contributed by atoms with Crippen molar-refractivity contribution in [2.24, 2.45) is 0 Å². The highest BCUT2D eigenvalue weighted by atomic mass is 79.9. The lowest BCUT2D eigenvalue weighted by molar-refractivity contribution is -0.123. The van der Waals surface area contributed by atoms with Crippen molar-refractivity contribution in [3.63, 3.8) is 0 Å². The molecule has 3 aromatic carbocycles. The molecule has 9 nitrogen and oxygen atoms in total. The van der Waals surface area contributed by atoms with E-state index in [-0.39, 0.29) is 0 Å². The summed E-state index contributed by atoms with van der Waals surface area (Å²) in [4.78, 5) is 48.7. The summed E-state index contributed by atoms with van der Waals surface area (Å²) >= 11 is 10.4. The lowest BCUT2D eigenvalue weighted by Crippen LogP contribution is -1.97. The monoisotopic (exact) mass is 905 g/mol. The van der Waals surface area contributed by atoms with E-state index in [0.29, 0.717) is 92.9 Å². The number of pyridine rings is 3. The van der Waals surface area contributed by atoms with Gasteiger partial charge in [-0.1, -0.05) is 84.2 Å². The van der Waals surface area contributed by atoms with Gasteiger partial charge in [0.05, 0.1) is 22.8 Å². The lowest BCUT2D eigenvalue weighted by Gasteiger charge is -2.11. The van der Waals surface area contributed by atoms with Crippen LogP contribution in [0.1, 0.15) is 33.4 Å². The number of hydrogen-bond donors (Lipinski definition) is 0. The molecule has 6 aromatic rings. The maximum absolute atomic E-state index is 11.6. The van der Waals surface area contributed by atoms with E-state index < -0.39 is 0 Å². The number of rotatable bonds is 14. The van der Waals surface area contributed by atoms with E-state index in [2.05, 4.69) is 57.8 Å². The third-order valence-corrected chi connectivity index (χ3v) is 9.17. The molecule has 0 radical (unpaired) electrons. The van der Waals surface area contributed by atoms with E-state index in [9.17, 15) is 14.4 Å². The molecule has 0 spiro atoms. The molecule has 0 N–H and O–H groups in total. The topological polar surface area (TPSA) is 118 Å². The molecule has 3 aromatic heterocycles. The average molecular weight is 908 g/mol. The minimum Gasteiger partial charge on any atom is -0.428 e. The number of ether oxygens (including phenoxy) is 3. The number of halogens is 3. The van der Waals surface area contributed by atoms with Crippen molar-refractivity contribution in [3.8, 4) is 22.8 Å². The third kappa shape index (κ3) is 9.98. The van der Waals surface area contributed by atoms with Gasteiger partial charge < -0.3 is 14.2 Å². The van der Waals surface area contributed by atoms with Gasteiger partial charge in [0.2, 0.25) is 0 Å². The summed E-state index contributed by atoms with van der Waals surface area (Å²) in [5.74, 6) is 0.986. The van der Waals surface area contributed by atoms with Gasteiger partial charge in [0.15, 0.2) is 0 Å². The van der Waals surface area contributed by atoms with Gasteiger partial charge in [-0.05, 0) is 108 Å². The molecule has 54 heavy (non-hydrogen) atoms. The van der Waals surface area contributed by atoms with Crippen molar-refractivity contribution >= 4 is 103 Å². The van der Waals surface area contributed by atoms with Crippen LogP contribution in [0.25, 0.3) is 58.3 Å². The SMILES string of the molecule is O=CO/C(=C/c1ccnc(-c2cc(/C=C(/OC=O)c3cccc(Br)c3)cc(-c3cc(/C=C(/OC=O)c4cccc(Br)c4)ccn3)n2)c1)c1cccc(Br)c1. The molecule has 0 aliphatic rings. The standard InChI is InChI=1S/C42H26Br3N3O6/c43-33-7-1-4-30(21-33)40(52-24-49)18-27-10-12-46-36(14-27)38-16-29(20-42(54-26-51)32-6-3-9-35(45)23-32)17-39(48-38)37-15-28(11-13-47-37)19-41(53-25-50)31-5-2-8-34(44)22-31/h1-26H/b40-18+,41-19+,42-20+. The van der Waals surface area contributed by atoms with E-state index in [1.807, 2.05) is 97.1 Å². The molecule has 0 atom stereocenters. The van der Waals surface area contributed by atoms with E-state index in [0.717, 1.165) is 13.4 Å². The van der Waals surface area contributed by atoms with Gasteiger partial charge in [-0.25, -0.2) is 4.98 Å². The molecule has 6 rings (SSSR count). The minimum atomic E-state index is 0.304. The van der Waals surface area contributed by atoms with Gasteiger partial charge in [0.1, 0.15) is 17.3 Å². The zero-order valence-electron chi connectivity index (χ0n) is 27.9. The molecule has 12 heteroatoms. The van der Waals surface area contributed by atoms with E-state index >= 15 is 0 Å². The highest BCUT2D eigenvalue weighted by Gasteiger charge is 2.14. The summed E-state index contributed by atoms with van der Waals surface area (Å²) in [5, 5.41) is 0. The van der Waals surface area contributed by atoms with Crippen LogP contribution in [-0.2, 0) is 28.6 Å². The zero-order chi connectivity index (χ0) is 37.9. The highest BCUT2D eigenvalue weighted by molar-refractivity contribution is 9.11. The van der Waals surface area contributed by atoms with E-state index in [1.165, 1.54) is 0 Å². The van der Waals surface area contributed by atoms with Crippen LogP contribution in [0, 0.1) is 0 Å². The molecule has 3 heterocycles. The Morgan fingerprint density at radius 2 is 0.796 bits per heavy atom. The molecule has 266 valence electrons. The fraction of sp³-hybridized carbons (Fsp3) is 0. The predicted octanol–water partition coefficient (Wildman–Crippen LogP) is 10.5. The summed E-state index contributed by atoms with van der Waals surface area (Å²) in [7, 11) is 0. The molecular formula is C42H26Br3N3O6. The second kappa shape index (κ2) is 18.3. The molecule has 0 aliphatic carbocycles. The van der Waals surface area contributed by atoms with Gasteiger partial charge >= 0.3 is 0 Å². The second-order valence-electron chi connectivity index (χ2n) is 11.3. The first-order valence-corrected chi connectivity index (χ1v) is 18.4. The Kier molecular flexibility index (Phi) is 12.8. The van der Waals surface area contributed by atoms with Gasteiger partial charge in [-0.15, -0.1) is 0 Å². The van der Waals surface area contributed by atoms with Crippen molar-refractivity contribution in [3.05, 3.63) is 168 Å². The van der Waals surface area contributed by atoms with Crippen molar-refractivity contribution < 1.29 is 28.6 Å². The molecule has 0 saturated heterocycles. The summed E-state index contributed by atoms with van der Waals surface area (Å²) in [6.07, 6.45) is 8.46. The molecule has 0 saturated carbocycles. The Morgan fingerprint density at radius 1 is 0.444 bits per heavy atom. The summed E-state index contributed by atoms with van der Waals surface area (Å²) in [5.41, 5.74) is 6.06. The molecule has 0 unspecified atom stereocenters. The number of benzene rings is 3. The van der Waals surface area contributed by atoms with Crippen LogP contribution in [-0.4, -0.2) is 34.4 Å². The zero-order valence-corrected chi connectivity index (χ0v) is 32.7.